The third-order valence-corrected chi connectivity index (χ3v) is 5.02. The van der Waals surface area contributed by atoms with Gasteiger partial charge in [-0.25, -0.2) is 4.68 Å². The highest BCUT2D eigenvalue weighted by atomic mass is 16.2. The standard InChI is InChI=1S/C18H24N6O/c25-18(16-13-24(22-21-16)14-7-9-19-10-8-14)20-15-5-1-2-6-17(15)23-11-3-4-12-23/h1-2,5-6,13-14,19H,3-4,7-12H2,(H,20,25). The van der Waals surface area contributed by atoms with E-state index in [1.807, 2.05) is 22.9 Å². The molecule has 4 rings (SSSR count). The Morgan fingerprint density at radius 1 is 1.16 bits per heavy atom. The minimum Gasteiger partial charge on any atom is -0.370 e. The minimum atomic E-state index is -0.202. The molecule has 0 atom stereocenters. The topological polar surface area (TPSA) is 75.1 Å². The van der Waals surface area contributed by atoms with E-state index >= 15 is 0 Å². The number of para-hydroxylation sites is 2. The van der Waals surface area contributed by atoms with E-state index in [0.29, 0.717) is 11.7 Å². The smallest absolute Gasteiger partial charge is 0.277 e. The molecular weight excluding hydrogens is 316 g/mol. The average molecular weight is 340 g/mol. The SMILES string of the molecule is O=C(Nc1ccccc1N1CCCC1)c1cn(C2CCNCC2)nn1. The maximum atomic E-state index is 12.6. The first-order valence-corrected chi connectivity index (χ1v) is 9.09. The Morgan fingerprint density at radius 3 is 2.72 bits per heavy atom. The molecule has 2 N–H and O–H groups in total. The molecule has 2 aliphatic rings. The lowest BCUT2D eigenvalue weighted by Crippen LogP contribution is -2.29. The maximum absolute atomic E-state index is 12.6. The second-order valence-electron chi connectivity index (χ2n) is 6.73. The van der Waals surface area contributed by atoms with Crippen molar-refractivity contribution in [3.05, 3.63) is 36.2 Å². The first-order valence-electron chi connectivity index (χ1n) is 9.09. The van der Waals surface area contributed by atoms with Gasteiger partial charge in [-0.05, 0) is 50.9 Å². The third-order valence-electron chi connectivity index (χ3n) is 5.02. The molecule has 2 aromatic rings. The summed E-state index contributed by atoms with van der Waals surface area (Å²) in [6.07, 6.45) is 6.20. The van der Waals surface area contributed by atoms with Gasteiger partial charge in [-0.3, -0.25) is 4.79 Å². The van der Waals surface area contributed by atoms with Gasteiger partial charge in [0.2, 0.25) is 0 Å². The number of carbonyl (C=O) groups is 1. The van der Waals surface area contributed by atoms with Crippen LogP contribution in [0.4, 0.5) is 11.4 Å². The van der Waals surface area contributed by atoms with E-state index in [4.69, 9.17) is 0 Å². The van der Waals surface area contributed by atoms with Crippen molar-refractivity contribution in [2.75, 3.05) is 36.4 Å². The maximum Gasteiger partial charge on any atom is 0.277 e. The zero-order chi connectivity index (χ0) is 17.1. The third kappa shape index (κ3) is 3.51. The lowest BCUT2D eigenvalue weighted by Gasteiger charge is -2.22. The van der Waals surface area contributed by atoms with Gasteiger partial charge >= 0.3 is 0 Å². The molecule has 0 spiro atoms. The molecule has 1 aromatic heterocycles. The van der Waals surface area contributed by atoms with Gasteiger partial charge in [0, 0.05) is 13.1 Å². The monoisotopic (exact) mass is 340 g/mol. The van der Waals surface area contributed by atoms with E-state index in [9.17, 15) is 4.79 Å². The van der Waals surface area contributed by atoms with E-state index in [2.05, 4.69) is 31.9 Å². The van der Waals surface area contributed by atoms with Gasteiger partial charge in [0.1, 0.15) is 0 Å². The lowest BCUT2D eigenvalue weighted by atomic mass is 10.1. The van der Waals surface area contributed by atoms with Crippen LogP contribution in [0.2, 0.25) is 0 Å². The average Bonchev–Trinajstić information content (AvgIpc) is 3.35. The molecule has 1 amide bonds. The van der Waals surface area contributed by atoms with E-state index < -0.39 is 0 Å². The van der Waals surface area contributed by atoms with Gasteiger partial charge in [0.25, 0.3) is 5.91 Å². The molecule has 0 bridgehead atoms. The quantitative estimate of drug-likeness (QED) is 0.891. The summed E-state index contributed by atoms with van der Waals surface area (Å²) in [5.41, 5.74) is 2.29. The predicted molar refractivity (Wildman–Crippen MR) is 97.0 cm³/mol. The first kappa shape index (κ1) is 16.1. The van der Waals surface area contributed by atoms with Crippen LogP contribution in [0.3, 0.4) is 0 Å². The van der Waals surface area contributed by atoms with Crippen LogP contribution in [0.1, 0.15) is 42.2 Å². The molecule has 2 fully saturated rings. The molecule has 7 nitrogen and oxygen atoms in total. The summed E-state index contributed by atoms with van der Waals surface area (Å²) in [4.78, 5) is 14.9. The number of nitrogens with one attached hydrogen (secondary N) is 2. The highest BCUT2D eigenvalue weighted by Crippen LogP contribution is 2.29. The van der Waals surface area contributed by atoms with Crippen molar-refractivity contribution in [2.45, 2.75) is 31.7 Å². The Hall–Kier alpha value is -2.41. The zero-order valence-electron chi connectivity index (χ0n) is 14.3. The number of anilines is 2. The van der Waals surface area contributed by atoms with Crippen molar-refractivity contribution in [2.24, 2.45) is 0 Å². The molecule has 0 unspecified atom stereocenters. The molecule has 3 heterocycles. The number of aromatic nitrogens is 3. The largest absolute Gasteiger partial charge is 0.370 e. The molecule has 132 valence electrons. The van der Waals surface area contributed by atoms with Crippen LogP contribution in [-0.2, 0) is 0 Å². The molecule has 2 aliphatic heterocycles. The fourth-order valence-corrected chi connectivity index (χ4v) is 3.63. The molecule has 7 heteroatoms. The molecule has 25 heavy (non-hydrogen) atoms. The number of hydrogen-bond donors (Lipinski definition) is 2. The summed E-state index contributed by atoms with van der Waals surface area (Å²) in [6.45, 7) is 4.04. The highest BCUT2D eigenvalue weighted by molar-refractivity contribution is 6.04. The van der Waals surface area contributed by atoms with Crippen LogP contribution in [0.15, 0.2) is 30.5 Å². The summed E-state index contributed by atoms with van der Waals surface area (Å²) < 4.78 is 1.84. The summed E-state index contributed by atoms with van der Waals surface area (Å²) >= 11 is 0. The van der Waals surface area contributed by atoms with Crippen molar-refractivity contribution in [3.63, 3.8) is 0 Å². The zero-order valence-corrected chi connectivity index (χ0v) is 14.3. The van der Waals surface area contributed by atoms with Crippen molar-refractivity contribution in [1.82, 2.24) is 20.3 Å². The number of amides is 1. The Morgan fingerprint density at radius 2 is 1.92 bits per heavy atom. The summed E-state index contributed by atoms with van der Waals surface area (Å²) in [7, 11) is 0. The summed E-state index contributed by atoms with van der Waals surface area (Å²) in [6, 6.07) is 8.29. The fraction of sp³-hybridized carbons (Fsp3) is 0.500. The van der Waals surface area contributed by atoms with Crippen molar-refractivity contribution >= 4 is 17.3 Å². The van der Waals surface area contributed by atoms with Crippen molar-refractivity contribution in [1.29, 1.82) is 0 Å². The van der Waals surface area contributed by atoms with Gasteiger partial charge in [-0.2, -0.15) is 0 Å². The highest BCUT2D eigenvalue weighted by Gasteiger charge is 2.20. The van der Waals surface area contributed by atoms with E-state index in [1.54, 1.807) is 6.20 Å². The van der Waals surface area contributed by atoms with Crippen molar-refractivity contribution < 1.29 is 4.79 Å². The van der Waals surface area contributed by atoms with Crippen LogP contribution >= 0.6 is 0 Å². The lowest BCUT2D eigenvalue weighted by molar-refractivity contribution is 0.102. The summed E-state index contributed by atoms with van der Waals surface area (Å²) in [5.74, 6) is -0.202. The normalized spacial score (nSPS) is 18.5. The number of nitrogens with zero attached hydrogens (tertiary/aromatic N) is 4. The Kier molecular flexibility index (Phi) is 4.65. The summed E-state index contributed by atoms with van der Waals surface area (Å²) in [5, 5.41) is 14.6. The van der Waals surface area contributed by atoms with Crippen LogP contribution < -0.4 is 15.5 Å². The van der Waals surface area contributed by atoms with Crippen LogP contribution in [-0.4, -0.2) is 47.1 Å². The number of carbonyl (C=O) groups excluding carboxylic acids is 1. The Balaban J connectivity index is 1.48. The number of rotatable bonds is 4. The first-order chi connectivity index (χ1) is 12.3. The van der Waals surface area contributed by atoms with Gasteiger partial charge in [0.15, 0.2) is 5.69 Å². The number of piperidine rings is 1. The van der Waals surface area contributed by atoms with Gasteiger partial charge in [-0.15, -0.1) is 5.10 Å². The molecule has 2 saturated heterocycles. The van der Waals surface area contributed by atoms with Gasteiger partial charge < -0.3 is 15.5 Å². The van der Waals surface area contributed by atoms with Crippen LogP contribution in [0, 0.1) is 0 Å². The van der Waals surface area contributed by atoms with Gasteiger partial charge in [-0.1, -0.05) is 17.3 Å². The molecule has 1 aromatic carbocycles. The molecule has 0 aliphatic carbocycles. The van der Waals surface area contributed by atoms with Crippen LogP contribution in [0.5, 0.6) is 0 Å². The van der Waals surface area contributed by atoms with Crippen LogP contribution in [0.25, 0.3) is 0 Å². The van der Waals surface area contributed by atoms with E-state index in [-0.39, 0.29) is 5.91 Å². The molecule has 0 saturated carbocycles. The molecule has 0 radical (unpaired) electrons. The van der Waals surface area contributed by atoms with Gasteiger partial charge in [0.05, 0.1) is 23.6 Å². The van der Waals surface area contributed by atoms with Crippen molar-refractivity contribution in [3.8, 4) is 0 Å². The minimum absolute atomic E-state index is 0.202. The number of benzene rings is 1. The van der Waals surface area contributed by atoms with E-state index in [1.165, 1.54) is 12.8 Å². The second-order valence-corrected chi connectivity index (χ2v) is 6.73. The Bertz CT molecular complexity index is 731. The number of hydrogen-bond acceptors (Lipinski definition) is 5. The predicted octanol–water partition coefficient (Wildman–Crippen LogP) is 2.06. The second kappa shape index (κ2) is 7.23. The Labute approximate surface area is 147 Å². The fourth-order valence-electron chi connectivity index (χ4n) is 3.63. The molecular formula is C18H24N6O. The van der Waals surface area contributed by atoms with E-state index in [0.717, 1.165) is 50.4 Å².